The summed E-state index contributed by atoms with van der Waals surface area (Å²) in [7, 11) is -3.25. The monoisotopic (exact) mass is 365 g/mol. The molecule has 0 atom stereocenters. The van der Waals surface area contributed by atoms with Gasteiger partial charge in [-0.25, -0.2) is 8.42 Å². The number of rotatable bonds is 5. The van der Waals surface area contributed by atoms with Gasteiger partial charge in [-0.15, -0.1) is 0 Å². The van der Waals surface area contributed by atoms with E-state index < -0.39 is 9.84 Å². The summed E-state index contributed by atoms with van der Waals surface area (Å²) in [5.41, 5.74) is 3.22. The molecule has 3 aromatic rings. The van der Waals surface area contributed by atoms with E-state index in [2.05, 4.69) is 5.32 Å². The van der Waals surface area contributed by atoms with E-state index in [0.29, 0.717) is 17.7 Å². The van der Waals surface area contributed by atoms with Gasteiger partial charge in [0.1, 0.15) is 0 Å². The summed E-state index contributed by atoms with van der Waals surface area (Å²) < 4.78 is 23.0. The highest BCUT2D eigenvalue weighted by Gasteiger charge is 2.12. The first-order valence-electron chi connectivity index (χ1n) is 8.17. The lowest BCUT2D eigenvalue weighted by Crippen LogP contribution is -2.14. The van der Waals surface area contributed by atoms with Crippen LogP contribution in [-0.2, 0) is 16.3 Å². The van der Waals surface area contributed by atoms with Crippen LogP contribution in [0.5, 0.6) is 0 Å². The Morgan fingerprint density at radius 2 is 1.46 bits per heavy atom. The first kappa shape index (κ1) is 17.9. The van der Waals surface area contributed by atoms with Gasteiger partial charge in [0.25, 0.3) is 5.91 Å². The standard InChI is InChI=1S/C21H19NO3S/c1-26(24,25)19-13-11-18(12-14-19)22-21(23)20-10-6-5-9-17(20)15-16-7-3-2-4-8-16/h2-14H,15H2,1H3,(H,22,23). The predicted octanol–water partition coefficient (Wildman–Crippen LogP) is 3.93. The lowest BCUT2D eigenvalue weighted by Gasteiger charge is -2.11. The van der Waals surface area contributed by atoms with Crippen LogP contribution >= 0.6 is 0 Å². The number of carbonyl (C=O) groups is 1. The van der Waals surface area contributed by atoms with Crippen molar-refractivity contribution >= 4 is 21.4 Å². The number of carbonyl (C=O) groups excluding carboxylic acids is 1. The van der Waals surface area contributed by atoms with Crippen molar-refractivity contribution in [2.75, 3.05) is 11.6 Å². The number of nitrogens with one attached hydrogen (secondary N) is 1. The van der Waals surface area contributed by atoms with E-state index in [1.165, 1.54) is 12.1 Å². The maximum Gasteiger partial charge on any atom is 0.255 e. The van der Waals surface area contributed by atoms with Crippen LogP contribution in [-0.4, -0.2) is 20.6 Å². The Balaban J connectivity index is 1.80. The quantitative estimate of drug-likeness (QED) is 0.745. The van der Waals surface area contributed by atoms with Crippen molar-refractivity contribution in [3.63, 3.8) is 0 Å². The molecule has 26 heavy (non-hydrogen) atoms. The number of benzene rings is 3. The topological polar surface area (TPSA) is 63.2 Å². The largest absolute Gasteiger partial charge is 0.322 e. The van der Waals surface area contributed by atoms with Crippen LogP contribution in [0.4, 0.5) is 5.69 Å². The number of amides is 1. The van der Waals surface area contributed by atoms with Crippen molar-refractivity contribution in [3.05, 3.63) is 95.6 Å². The molecular weight excluding hydrogens is 346 g/mol. The molecule has 0 aromatic heterocycles. The molecule has 0 radical (unpaired) electrons. The van der Waals surface area contributed by atoms with E-state index in [0.717, 1.165) is 17.4 Å². The van der Waals surface area contributed by atoms with Crippen molar-refractivity contribution in [2.24, 2.45) is 0 Å². The summed E-state index contributed by atoms with van der Waals surface area (Å²) in [5.74, 6) is -0.219. The highest BCUT2D eigenvalue weighted by molar-refractivity contribution is 7.90. The van der Waals surface area contributed by atoms with Crippen molar-refractivity contribution in [3.8, 4) is 0 Å². The van der Waals surface area contributed by atoms with E-state index in [-0.39, 0.29) is 10.8 Å². The van der Waals surface area contributed by atoms with Gasteiger partial charge in [-0.2, -0.15) is 0 Å². The number of hydrogen-bond acceptors (Lipinski definition) is 3. The molecule has 0 saturated heterocycles. The number of anilines is 1. The molecule has 0 aliphatic carbocycles. The van der Waals surface area contributed by atoms with Crippen LogP contribution in [0.3, 0.4) is 0 Å². The van der Waals surface area contributed by atoms with Crippen LogP contribution in [0.2, 0.25) is 0 Å². The average molecular weight is 365 g/mol. The second-order valence-corrected chi connectivity index (χ2v) is 8.09. The first-order chi connectivity index (χ1) is 12.4. The molecule has 3 rings (SSSR count). The molecule has 0 aliphatic heterocycles. The van der Waals surface area contributed by atoms with Crippen LogP contribution in [0.1, 0.15) is 21.5 Å². The molecule has 0 saturated carbocycles. The Kier molecular flexibility index (Phi) is 5.19. The van der Waals surface area contributed by atoms with E-state index in [4.69, 9.17) is 0 Å². The maximum atomic E-state index is 12.7. The minimum atomic E-state index is -3.25. The van der Waals surface area contributed by atoms with E-state index in [1.807, 2.05) is 48.5 Å². The zero-order chi connectivity index (χ0) is 18.6. The molecule has 0 unspecified atom stereocenters. The molecule has 1 N–H and O–H groups in total. The normalized spacial score (nSPS) is 11.1. The molecular formula is C21H19NO3S. The van der Waals surface area contributed by atoms with Crippen LogP contribution in [0.25, 0.3) is 0 Å². The third kappa shape index (κ3) is 4.37. The fourth-order valence-corrected chi connectivity index (χ4v) is 3.33. The van der Waals surface area contributed by atoms with E-state index >= 15 is 0 Å². The molecule has 0 fully saturated rings. The van der Waals surface area contributed by atoms with Gasteiger partial charge in [-0.3, -0.25) is 4.79 Å². The maximum absolute atomic E-state index is 12.7. The van der Waals surface area contributed by atoms with Crippen LogP contribution < -0.4 is 5.32 Å². The predicted molar refractivity (Wildman–Crippen MR) is 103 cm³/mol. The average Bonchev–Trinajstić information content (AvgIpc) is 2.63. The summed E-state index contributed by atoms with van der Waals surface area (Å²) in [6, 6.07) is 23.6. The summed E-state index contributed by atoms with van der Waals surface area (Å²) in [4.78, 5) is 12.9. The lowest BCUT2D eigenvalue weighted by molar-refractivity contribution is 0.102. The molecule has 0 bridgehead atoms. The first-order valence-corrected chi connectivity index (χ1v) is 10.1. The van der Waals surface area contributed by atoms with Gasteiger partial charge < -0.3 is 5.32 Å². The Bertz CT molecular complexity index is 1010. The molecule has 1 amide bonds. The second kappa shape index (κ2) is 7.54. The molecule has 0 spiro atoms. The lowest BCUT2D eigenvalue weighted by atomic mass is 9.99. The molecule has 5 heteroatoms. The van der Waals surface area contributed by atoms with Crippen molar-refractivity contribution in [1.82, 2.24) is 0 Å². The second-order valence-electron chi connectivity index (χ2n) is 6.07. The summed E-state index contributed by atoms with van der Waals surface area (Å²) in [6.07, 6.45) is 1.82. The third-order valence-electron chi connectivity index (χ3n) is 4.04. The summed E-state index contributed by atoms with van der Waals surface area (Å²) >= 11 is 0. The van der Waals surface area contributed by atoms with Crippen molar-refractivity contribution in [2.45, 2.75) is 11.3 Å². The minimum absolute atomic E-state index is 0.219. The van der Waals surface area contributed by atoms with Gasteiger partial charge in [-0.1, -0.05) is 48.5 Å². The smallest absolute Gasteiger partial charge is 0.255 e. The van der Waals surface area contributed by atoms with Crippen LogP contribution in [0.15, 0.2) is 83.8 Å². The molecule has 132 valence electrons. The molecule has 3 aromatic carbocycles. The van der Waals surface area contributed by atoms with E-state index in [1.54, 1.807) is 18.2 Å². The number of sulfone groups is 1. The summed E-state index contributed by atoms with van der Waals surface area (Å²) in [5, 5.41) is 2.83. The fourth-order valence-electron chi connectivity index (χ4n) is 2.70. The van der Waals surface area contributed by atoms with Gasteiger partial charge in [0.05, 0.1) is 4.90 Å². The van der Waals surface area contributed by atoms with Gasteiger partial charge in [0.15, 0.2) is 9.84 Å². The zero-order valence-corrected chi connectivity index (χ0v) is 15.2. The summed E-state index contributed by atoms with van der Waals surface area (Å²) in [6.45, 7) is 0. The van der Waals surface area contributed by atoms with Crippen molar-refractivity contribution < 1.29 is 13.2 Å². The molecule has 4 nitrogen and oxygen atoms in total. The minimum Gasteiger partial charge on any atom is -0.322 e. The highest BCUT2D eigenvalue weighted by atomic mass is 32.2. The van der Waals surface area contributed by atoms with Gasteiger partial charge in [0, 0.05) is 17.5 Å². The van der Waals surface area contributed by atoms with Gasteiger partial charge in [-0.05, 0) is 47.9 Å². The third-order valence-corrected chi connectivity index (χ3v) is 5.17. The zero-order valence-electron chi connectivity index (χ0n) is 14.3. The molecule has 0 heterocycles. The highest BCUT2D eigenvalue weighted by Crippen LogP contribution is 2.18. The van der Waals surface area contributed by atoms with Gasteiger partial charge in [0.2, 0.25) is 0 Å². The van der Waals surface area contributed by atoms with Crippen molar-refractivity contribution in [1.29, 1.82) is 0 Å². The molecule has 0 aliphatic rings. The Labute approximate surface area is 153 Å². The Morgan fingerprint density at radius 1 is 0.846 bits per heavy atom. The Hall–Kier alpha value is -2.92. The SMILES string of the molecule is CS(=O)(=O)c1ccc(NC(=O)c2ccccc2Cc2ccccc2)cc1. The number of hydrogen-bond donors (Lipinski definition) is 1. The van der Waals surface area contributed by atoms with E-state index in [9.17, 15) is 13.2 Å². The fraction of sp³-hybridized carbons (Fsp3) is 0.0952. The van der Waals surface area contributed by atoms with Gasteiger partial charge >= 0.3 is 0 Å². The van der Waals surface area contributed by atoms with Crippen LogP contribution in [0, 0.1) is 0 Å². The Morgan fingerprint density at radius 3 is 2.12 bits per heavy atom.